The summed E-state index contributed by atoms with van der Waals surface area (Å²) < 4.78 is 5.55. The SMILES string of the molecule is Cc1cc(NCCOc2ccc(N)cc2)ccc1[N+](=O)[O-]. The molecule has 0 aliphatic heterocycles. The first kappa shape index (κ1) is 14.6. The van der Waals surface area contributed by atoms with Crippen molar-refractivity contribution < 1.29 is 9.66 Å². The first-order chi connectivity index (χ1) is 10.1. The van der Waals surface area contributed by atoms with Crippen molar-refractivity contribution >= 4 is 17.1 Å². The van der Waals surface area contributed by atoms with Crippen molar-refractivity contribution in [3.05, 3.63) is 58.1 Å². The fraction of sp³-hybridized carbons (Fsp3) is 0.200. The fourth-order valence-electron chi connectivity index (χ4n) is 1.90. The third kappa shape index (κ3) is 4.10. The molecule has 0 aliphatic carbocycles. The van der Waals surface area contributed by atoms with E-state index in [1.165, 1.54) is 6.07 Å². The summed E-state index contributed by atoms with van der Waals surface area (Å²) in [7, 11) is 0. The highest BCUT2D eigenvalue weighted by Crippen LogP contribution is 2.21. The van der Waals surface area contributed by atoms with Crippen LogP contribution >= 0.6 is 0 Å². The Hall–Kier alpha value is -2.76. The number of nitro benzene ring substituents is 1. The van der Waals surface area contributed by atoms with E-state index in [0.29, 0.717) is 24.4 Å². The zero-order valence-electron chi connectivity index (χ0n) is 11.7. The summed E-state index contributed by atoms with van der Waals surface area (Å²) in [6, 6.07) is 12.1. The second-order valence-electron chi connectivity index (χ2n) is 4.60. The van der Waals surface area contributed by atoms with Gasteiger partial charge in [-0.05, 0) is 43.3 Å². The molecule has 3 N–H and O–H groups in total. The largest absolute Gasteiger partial charge is 0.492 e. The number of nitro groups is 1. The lowest BCUT2D eigenvalue weighted by Crippen LogP contribution is -2.11. The average Bonchev–Trinajstić information content (AvgIpc) is 2.45. The zero-order chi connectivity index (χ0) is 15.2. The highest BCUT2D eigenvalue weighted by molar-refractivity contribution is 5.53. The lowest BCUT2D eigenvalue weighted by molar-refractivity contribution is -0.385. The molecule has 0 bridgehead atoms. The standard InChI is InChI=1S/C15H17N3O3/c1-11-10-13(4-7-15(11)18(19)20)17-8-9-21-14-5-2-12(16)3-6-14/h2-7,10,17H,8-9,16H2,1H3. The average molecular weight is 287 g/mol. The first-order valence-electron chi connectivity index (χ1n) is 6.53. The van der Waals surface area contributed by atoms with Crippen molar-refractivity contribution in [2.24, 2.45) is 0 Å². The Morgan fingerprint density at radius 3 is 2.57 bits per heavy atom. The van der Waals surface area contributed by atoms with Gasteiger partial charge in [-0.1, -0.05) is 0 Å². The molecular formula is C15H17N3O3. The van der Waals surface area contributed by atoms with Gasteiger partial charge < -0.3 is 15.8 Å². The van der Waals surface area contributed by atoms with Gasteiger partial charge >= 0.3 is 0 Å². The Labute approximate surface area is 122 Å². The van der Waals surface area contributed by atoms with Crippen LogP contribution in [0.4, 0.5) is 17.1 Å². The number of hydrogen-bond donors (Lipinski definition) is 2. The van der Waals surface area contributed by atoms with Gasteiger partial charge in [0.25, 0.3) is 5.69 Å². The minimum absolute atomic E-state index is 0.124. The number of nitrogens with zero attached hydrogens (tertiary/aromatic N) is 1. The highest BCUT2D eigenvalue weighted by Gasteiger charge is 2.09. The molecule has 2 aromatic rings. The van der Waals surface area contributed by atoms with Crippen molar-refractivity contribution in [2.75, 3.05) is 24.2 Å². The number of benzene rings is 2. The maximum atomic E-state index is 10.7. The van der Waals surface area contributed by atoms with E-state index in [0.717, 1.165) is 11.4 Å². The van der Waals surface area contributed by atoms with Crippen LogP contribution in [0, 0.1) is 17.0 Å². The van der Waals surface area contributed by atoms with E-state index < -0.39 is 0 Å². The van der Waals surface area contributed by atoms with Crippen LogP contribution in [0.15, 0.2) is 42.5 Å². The number of ether oxygens (including phenoxy) is 1. The van der Waals surface area contributed by atoms with E-state index in [2.05, 4.69) is 5.32 Å². The number of nitrogen functional groups attached to an aromatic ring is 1. The number of nitrogens with one attached hydrogen (secondary N) is 1. The molecule has 0 aromatic heterocycles. The van der Waals surface area contributed by atoms with Gasteiger partial charge in [0, 0.05) is 29.5 Å². The summed E-state index contributed by atoms with van der Waals surface area (Å²) in [5.74, 6) is 0.755. The second kappa shape index (κ2) is 6.60. The van der Waals surface area contributed by atoms with Crippen molar-refractivity contribution in [1.82, 2.24) is 0 Å². The number of nitrogens with two attached hydrogens (primary N) is 1. The Kier molecular flexibility index (Phi) is 4.61. The van der Waals surface area contributed by atoms with Crippen LogP contribution in [0.3, 0.4) is 0 Å². The quantitative estimate of drug-likeness (QED) is 0.369. The van der Waals surface area contributed by atoms with Gasteiger partial charge in [0.05, 0.1) is 4.92 Å². The van der Waals surface area contributed by atoms with Gasteiger partial charge in [-0.15, -0.1) is 0 Å². The smallest absolute Gasteiger partial charge is 0.272 e. The molecule has 2 rings (SSSR count). The first-order valence-corrected chi connectivity index (χ1v) is 6.53. The molecule has 6 nitrogen and oxygen atoms in total. The van der Waals surface area contributed by atoms with E-state index in [-0.39, 0.29) is 10.6 Å². The molecule has 2 aromatic carbocycles. The molecule has 0 amide bonds. The lowest BCUT2D eigenvalue weighted by atomic mass is 10.2. The van der Waals surface area contributed by atoms with E-state index >= 15 is 0 Å². The predicted octanol–water partition coefficient (Wildman–Crippen LogP) is 2.98. The predicted molar refractivity (Wildman–Crippen MR) is 82.7 cm³/mol. The molecule has 21 heavy (non-hydrogen) atoms. The molecule has 0 heterocycles. The summed E-state index contributed by atoms with van der Waals surface area (Å²) in [4.78, 5) is 10.3. The lowest BCUT2D eigenvalue weighted by Gasteiger charge is -2.09. The minimum atomic E-state index is -0.386. The van der Waals surface area contributed by atoms with Crippen LogP contribution in [-0.4, -0.2) is 18.1 Å². The Balaban J connectivity index is 1.82. The molecular weight excluding hydrogens is 270 g/mol. The van der Waals surface area contributed by atoms with E-state index in [4.69, 9.17) is 10.5 Å². The molecule has 110 valence electrons. The molecule has 0 saturated heterocycles. The van der Waals surface area contributed by atoms with Crippen molar-refractivity contribution in [2.45, 2.75) is 6.92 Å². The molecule has 0 fully saturated rings. The van der Waals surface area contributed by atoms with Crippen molar-refractivity contribution in [3.63, 3.8) is 0 Å². The van der Waals surface area contributed by atoms with Crippen molar-refractivity contribution in [3.8, 4) is 5.75 Å². The number of hydrogen-bond acceptors (Lipinski definition) is 5. The van der Waals surface area contributed by atoms with Crippen LogP contribution in [0.25, 0.3) is 0 Å². The Bertz CT molecular complexity index is 627. The summed E-state index contributed by atoms with van der Waals surface area (Å²) in [5.41, 5.74) is 7.87. The summed E-state index contributed by atoms with van der Waals surface area (Å²) in [6.45, 7) is 2.80. The van der Waals surface area contributed by atoms with Gasteiger partial charge in [0.1, 0.15) is 12.4 Å². The molecule has 0 radical (unpaired) electrons. The summed E-state index contributed by atoms with van der Waals surface area (Å²) in [6.07, 6.45) is 0. The Morgan fingerprint density at radius 2 is 1.95 bits per heavy atom. The van der Waals surface area contributed by atoms with Crippen LogP contribution in [0.1, 0.15) is 5.56 Å². The normalized spacial score (nSPS) is 10.1. The summed E-state index contributed by atoms with van der Waals surface area (Å²) in [5, 5.41) is 13.9. The van der Waals surface area contributed by atoms with E-state index in [1.54, 1.807) is 31.2 Å². The summed E-state index contributed by atoms with van der Waals surface area (Å²) >= 11 is 0. The van der Waals surface area contributed by atoms with Gasteiger partial charge in [-0.2, -0.15) is 0 Å². The monoisotopic (exact) mass is 287 g/mol. The maximum absolute atomic E-state index is 10.7. The maximum Gasteiger partial charge on any atom is 0.272 e. The van der Waals surface area contributed by atoms with Gasteiger partial charge in [-0.25, -0.2) is 0 Å². The molecule has 0 saturated carbocycles. The third-order valence-corrected chi connectivity index (χ3v) is 2.97. The fourth-order valence-corrected chi connectivity index (χ4v) is 1.90. The van der Waals surface area contributed by atoms with E-state index in [1.807, 2.05) is 12.1 Å². The molecule has 6 heteroatoms. The van der Waals surface area contributed by atoms with Gasteiger partial charge in [-0.3, -0.25) is 10.1 Å². The van der Waals surface area contributed by atoms with Crippen LogP contribution in [0.2, 0.25) is 0 Å². The van der Waals surface area contributed by atoms with Gasteiger partial charge in [0.15, 0.2) is 0 Å². The number of rotatable bonds is 6. The molecule has 0 unspecified atom stereocenters. The van der Waals surface area contributed by atoms with E-state index in [9.17, 15) is 10.1 Å². The Morgan fingerprint density at radius 1 is 1.24 bits per heavy atom. The number of anilines is 2. The van der Waals surface area contributed by atoms with Crippen LogP contribution in [-0.2, 0) is 0 Å². The van der Waals surface area contributed by atoms with Gasteiger partial charge in [0.2, 0.25) is 0 Å². The highest BCUT2D eigenvalue weighted by atomic mass is 16.6. The van der Waals surface area contributed by atoms with Crippen LogP contribution in [0.5, 0.6) is 5.75 Å². The molecule has 0 aliphatic rings. The second-order valence-corrected chi connectivity index (χ2v) is 4.60. The topological polar surface area (TPSA) is 90.4 Å². The minimum Gasteiger partial charge on any atom is -0.492 e. The molecule has 0 spiro atoms. The number of aryl methyl sites for hydroxylation is 1. The zero-order valence-corrected chi connectivity index (χ0v) is 11.7. The van der Waals surface area contributed by atoms with Crippen molar-refractivity contribution in [1.29, 1.82) is 0 Å². The third-order valence-electron chi connectivity index (χ3n) is 2.97. The molecule has 0 atom stereocenters. The van der Waals surface area contributed by atoms with Crippen LogP contribution < -0.4 is 15.8 Å².